The lowest BCUT2D eigenvalue weighted by Gasteiger charge is -2.40. The Morgan fingerprint density at radius 1 is 0.548 bits per heavy atom. The Labute approximate surface area is 377 Å². The molecule has 0 aromatic carbocycles. The highest BCUT2D eigenvalue weighted by Crippen LogP contribution is 2.23. The van der Waals surface area contributed by atoms with Gasteiger partial charge in [0.15, 0.2) is 6.29 Å². The van der Waals surface area contributed by atoms with Gasteiger partial charge in [0.1, 0.15) is 36.6 Å². The average Bonchev–Trinajstić information content (AvgIpc) is 3.27. The number of aliphatic hydroxyl groups excluding tert-OH is 7. The van der Waals surface area contributed by atoms with Gasteiger partial charge < -0.3 is 50.5 Å². The molecule has 1 heterocycles. The Kier molecular flexibility index (Phi) is 38.0. The molecule has 0 saturated carbocycles. The Morgan fingerprint density at radius 2 is 0.968 bits per heavy atom. The zero-order valence-electron chi connectivity index (χ0n) is 39.1. The minimum atomic E-state index is -1.68. The van der Waals surface area contributed by atoms with Crippen molar-refractivity contribution >= 4 is 5.91 Å². The fourth-order valence-electron chi connectivity index (χ4n) is 7.65. The summed E-state index contributed by atoms with van der Waals surface area (Å²) in [7, 11) is 0. The summed E-state index contributed by atoms with van der Waals surface area (Å²) in [4.78, 5) is 13.0. The van der Waals surface area contributed by atoms with Crippen molar-refractivity contribution in [2.24, 2.45) is 0 Å². The van der Waals surface area contributed by atoms with Gasteiger partial charge in [-0.25, -0.2) is 0 Å². The number of carbonyl (C=O) groups excluding carboxylic acids is 1. The number of unbranched alkanes of at least 4 members (excludes halogenated alkanes) is 21. The van der Waals surface area contributed by atoms with E-state index in [1.165, 1.54) is 116 Å². The first-order valence-electron chi connectivity index (χ1n) is 25.0. The van der Waals surface area contributed by atoms with Gasteiger partial charge in [-0.05, 0) is 83.5 Å². The third-order valence-electron chi connectivity index (χ3n) is 11.8. The topological polar surface area (TPSA) is 189 Å². The first kappa shape index (κ1) is 58.1. The summed E-state index contributed by atoms with van der Waals surface area (Å²) < 4.78 is 11.0. The molecule has 1 rings (SSSR count). The van der Waals surface area contributed by atoms with Crippen molar-refractivity contribution in [1.29, 1.82) is 0 Å². The second-order valence-corrected chi connectivity index (χ2v) is 17.5. The molecule has 11 nitrogen and oxygen atoms in total. The lowest BCUT2D eigenvalue weighted by atomic mass is 9.99. The normalized spacial score (nSPS) is 21.7. The van der Waals surface area contributed by atoms with Crippen LogP contribution in [0.1, 0.15) is 200 Å². The molecule has 0 spiro atoms. The van der Waals surface area contributed by atoms with E-state index in [0.29, 0.717) is 19.3 Å². The molecule has 9 unspecified atom stereocenters. The molecule has 1 fully saturated rings. The van der Waals surface area contributed by atoms with Gasteiger partial charge in [0.25, 0.3) is 0 Å². The van der Waals surface area contributed by atoms with Gasteiger partial charge in [0.05, 0.1) is 25.4 Å². The quantitative estimate of drug-likeness (QED) is 0.0218. The second-order valence-electron chi connectivity index (χ2n) is 17.5. The molecule has 1 amide bonds. The molecule has 0 aromatic heterocycles. The minimum Gasteiger partial charge on any atom is -0.394 e. The van der Waals surface area contributed by atoms with Crippen molar-refractivity contribution in [2.45, 2.75) is 255 Å². The molecule has 9 atom stereocenters. The van der Waals surface area contributed by atoms with Crippen LogP contribution in [0.5, 0.6) is 0 Å². The lowest BCUT2D eigenvalue weighted by molar-refractivity contribution is -0.303. The van der Waals surface area contributed by atoms with Crippen LogP contribution in [0.15, 0.2) is 48.6 Å². The summed E-state index contributed by atoms with van der Waals surface area (Å²) in [5.74, 6) is -0.751. The van der Waals surface area contributed by atoms with Crippen molar-refractivity contribution in [3.05, 3.63) is 48.6 Å². The smallest absolute Gasteiger partial charge is 0.249 e. The van der Waals surface area contributed by atoms with Crippen LogP contribution in [0.2, 0.25) is 0 Å². The number of allylic oxidation sites excluding steroid dienone is 8. The van der Waals surface area contributed by atoms with Gasteiger partial charge in [-0.2, -0.15) is 0 Å². The maximum atomic E-state index is 13.0. The molecule has 11 heteroatoms. The number of nitrogens with one attached hydrogen (secondary N) is 1. The van der Waals surface area contributed by atoms with Crippen LogP contribution in [0, 0.1) is 0 Å². The summed E-state index contributed by atoms with van der Waals surface area (Å²) in [5, 5.41) is 75.4. The van der Waals surface area contributed by atoms with E-state index in [4.69, 9.17) is 9.47 Å². The summed E-state index contributed by atoms with van der Waals surface area (Å²) in [6.45, 7) is 3.34. The Morgan fingerprint density at radius 3 is 1.45 bits per heavy atom. The number of hydrogen-bond acceptors (Lipinski definition) is 10. The molecular weight excluding hydrogens is 787 g/mol. The number of carbonyl (C=O) groups is 1. The molecule has 1 saturated heterocycles. The Balaban J connectivity index is 2.34. The van der Waals surface area contributed by atoms with Gasteiger partial charge in [0, 0.05) is 0 Å². The van der Waals surface area contributed by atoms with Crippen molar-refractivity contribution < 1.29 is 50.0 Å². The van der Waals surface area contributed by atoms with Gasteiger partial charge in [-0.15, -0.1) is 0 Å². The van der Waals surface area contributed by atoms with Crippen LogP contribution in [0.4, 0.5) is 0 Å². The molecule has 0 radical (unpaired) electrons. The summed E-state index contributed by atoms with van der Waals surface area (Å²) in [6, 6.07) is -1.21. The van der Waals surface area contributed by atoms with E-state index in [1.54, 1.807) is 0 Å². The second kappa shape index (κ2) is 40.6. The standard InChI is InChI=1S/C51H93NO10/c1-3-5-7-9-11-13-14-15-16-17-18-19-20-21-22-23-24-25-26-27-28-29-30-31-33-34-36-38-43(54)46(56)42(41-61-51-49(59)48(58)47(57)45(40-53)62-51)52-50(60)44(55)39-37-35-32-12-10-8-6-4-2/h23-24,27-28,31-33,35,42-49,51,53-59H,3-22,25-26,29-30,34,36-41H2,1-2H3,(H,52,60)/b24-23+,28-27+,33-31+,35-32-. The Bertz CT molecular complexity index is 1150. The molecule has 1 aliphatic rings. The van der Waals surface area contributed by atoms with Gasteiger partial charge in [-0.1, -0.05) is 165 Å². The minimum absolute atomic E-state index is 0.162. The third kappa shape index (κ3) is 29.5. The molecule has 0 aliphatic carbocycles. The van der Waals surface area contributed by atoms with Gasteiger partial charge >= 0.3 is 0 Å². The monoisotopic (exact) mass is 880 g/mol. The number of amides is 1. The first-order valence-corrected chi connectivity index (χ1v) is 25.0. The summed E-state index contributed by atoms with van der Waals surface area (Å²) >= 11 is 0. The van der Waals surface area contributed by atoms with Crippen LogP contribution in [0.3, 0.4) is 0 Å². The zero-order valence-corrected chi connectivity index (χ0v) is 39.1. The van der Waals surface area contributed by atoms with E-state index in [1.807, 2.05) is 12.2 Å². The van der Waals surface area contributed by atoms with E-state index in [9.17, 15) is 40.5 Å². The highest BCUT2D eigenvalue weighted by atomic mass is 16.7. The summed E-state index contributed by atoms with van der Waals surface area (Å²) in [5.41, 5.74) is 0. The Hall–Kier alpha value is -1.93. The molecule has 62 heavy (non-hydrogen) atoms. The lowest BCUT2D eigenvalue weighted by Crippen LogP contribution is -2.60. The van der Waals surface area contributed by atoms with Crippen LogP contribution < -0.4 is 5.32 Å². The fourth-order valence-corrected chi connectivity index (χ4v) is 7.65. The largest absolute Gasteiger partial charge is 0.394 e. The maximum Gasteiger partial charge on any atom is 0.249 e. The summed E-state index contributed by atoms with van der Waals surface area (Å²) in [6.07, 6.45) is 37.9. The number of ether oxygens (including phenoxy) is 2. The van der Waals surface area contributed by atoms with Crippen molar-refractivity contribution in [1.82, 2.24) is 5.32 Å². The fraction of sp³-hybridized carbons (Fsp3) is 0.824. The molecule has 362 valence electrons. The molecule has 0 bridgehead atoms. The van der Waals surface area contributed by atoms with E-state index < -0.39 is 74.2 Å². The molecular formula is C51H93NO10. The highest BCUT2D eigenvalue weighted by Gasteiger charge is 2.44. The highest BCUT2D eigenvalue weighted by molar-refractivity contribution is 5.80. The van der Waals surface area contributed by atoms with Crippen LogP contribution in [0.25, 0.3) is 0 Å². The van der Waals surface area contributed by atoms with E-state index in [0.717, 1.165) is 38.5 Å². The van der Waals surface area contributed by atoms with Crippen LogP contribution >= 0.6 is 0 Å². The maximum absolute atomic E-state index is 13.0. The number of aliphatic hydroxyl groups is 7. The molecule has 1 aliphatic heterocycles. The number of hydrogen-bond donors (Lipinski definition) is 8. The predicted molar refractivity (Wildman–Crippen MR) is 251 cm³/mol. The first-order chi connectivity index (χ1) is 30.2. The number of rotatable bonds is 41. The van der Waals surface area contributed by atoms with E-state index in [-0.39, 0.29) is 12.8 Å². The van der Waals surface area contributed by atoms with Gasteiger partial charge in [0.2, 0.25) is 5.91 Å². The predicted octanol–water partition coefficient (Wildman–Crippen LogP) is 8.95. The average molecular weight is 880 g/mol. The van der Waals surface area contributed by atoms with Crippen LogP contribution in [-0.4, -0.2) is 110 Å². The van der Waals surface area contributed by atoms with Gasteiger partial charge in [-0.3, -0.25) is 4.79 Å². The van der Waals surface area contributed by atoms with Crippen molar-refractivity contribution in [2.75, 3.05) is 13.2 Å². The third-order valence-corrected chi connectivity index (χ3v) is 11.8. The van der Waals surface area contributed by atoms with Crippen molar-refractivity contribution in [3.8, 4) is 0 Å². The van der Waals surface area contributed by atoms with Crippen molar-refractivity contribution in [3.63, 3.8) is 0 Å². The molecule has 0 aromatic rings. The van der Waals surface area contributed by atoms with E-state index in [2.05, 4.69) is 55.6 Å². The van der Waals surface area contributed by atoms with E-state index >= 15 is 0 Å². The SMILES string of the molecule is CCCCCC/C=C\CCC(O)C(=O)NC(COC1OC(CO)C(O)C(O)C1O)C(O)C(O)CCC/C=C/CC/C=C/CC/C=C/CCCCCCCCCCCCCCCC. The van der Waals surface area contributed by atoms with Crippen LogP contribution in [-0.2, 0) is 14.3 Å². The zero-order chi connectivity index (χ0) is 45.5. The molecule has 8 N–H and O–H groups in total.